The Morgan fingerprint density at radius 2 is 1.71 bits per heavy atom. The summed E-state index contributed by atoms with van der Waals surface area (Å²) >= 11 is 0. The van der Waals surface area contributed by atoms with Gasteiger partial charge in [0.15, 0.2) is 0 Å². The van der Waals surface area contributed by atoms with Crippen LogP contribution in [0.4, 0.5) is 18.9 Å². The van der Waals surface area contributed by atoms with Gasteiger partial charge in [0.2, 0.25) is 5.91 Å². The van der Waals surface area contributed by atoms with Gasteiger partial charge >= 0.3 is 6.18 Å². The Balaban J connectivity index is 1.30. The van der Waals surface area contributed by atoms with Gasteiger partial charge in [-0.3, -0.25) is 9.59 Å². The molecule has 0 saturated carbocycles. The fourth-order valence-electron chi connectivity index (χ4n) is 4.79. The average Bonchev–Trinajstić information content (AvgIpc) is 2.87. The summed E-state index contributed by atoms with van der Waals surface area (Å²) in [6.45, 7) is 4.88. The second kappa shape index (κ2) is 10.2. The van der Waals surface area contributed by atoms with Crippen LogP contribution >= 0.6 is 0 Å². The standard InChI is InChI=1S/C26H30F3N3O3/c1-3-31-17-21(35-23-7-5-4-6-22(23)31)16-30(2)24(33)19-12-14-32(15-13-19)25(34)18-8-10-20(11-9-18)26(27,28)29/h4-11,19,21H,3,12-17H2,1-2H3/t21-/m1/s1. The average molecular weight is 490 g/mol. The summed E-state index contributed by atoms with van der Waals surface area (Å²) in [5, 5.41) is 0. The number of likely N-dealkylation sites (tertiary alicyclic amines) is 1. The number of amides is 2. The molecule has 2 aromatic rings. The largest absolute Gasteiger partial charge is 0.485 e. The van der Waals surface area contributed by atoms with Crippen molar-refractivity contribution in [3.63, 3.8) is 0 Å². The molecule has 1 atom stereocenters. The predicted molar refractivity (Wildman–Crippen MR) is 126 cm³/mol. The number of para-hydroxylation sites is 2. The van der Waals surface area contributed by atoms with Crippen LogP contribution in [0.25, 0.3) is 0 Å². The maximum absolute atomic E-state index is 13.1. The molecule has 0 aromatic heterocycles. The highest BCUT2D eigenvalue weighted by Gasteiger charge is 2.33. The van der Waals surface area contributed by atoms with Crippen molar-refractivity contribution in [2.24, 2.45) is 5.92 Å². The molecule has 0 bridgehead atoms. The number of carbonyl (C=O) groups is 2. The minimum Gasteiger partial charge on any atom is -0.485 e. The van der Waals surface area contributed by atoms with Crippen LogP contribution in [0.5, 0.6) is 5.75 Å². The van der Waals surface area contributed by atoms with Crippen LogP contribution in [0.15, 0.2) is 48.5 Å². The van der Waals surface area contributed by atoms with E-state index in [1.165, 1.54) is 12.1 Å². The summed E-state index contributed by atoms with van der Waals surface area (Å²) in [6.07, 6.45) is -3.54. The lowest BCUT2D eigenvalue weighted by molar-refractivity contribution is -0.137. The molecule has 2 heterocycles. The number of anilines is 1. The van der Waals surface area contributed by atoms with E-state index in [2.05, 4.69) is 11.8 Å². The van der Waals surface area contributed by atoms with Crippen molar-refractivity contribution >= 4 is 17.5 Å². The van der Waals surface area contributed by atoms with Crippen LogP contribution in [-0.4, -0.2) is 67.5 Å². The third-order valence-corrected chi connectivity index (χ3v) is 6.75. The van der Waals surface area contributed by atoms with Crippen molar-refractivity contribution in [3.8, 4) is 5.75 Å². The molecule has 0 spiro atoms. The first-order valence-corrected chi connectivity index (χ1v) is 11.9. The van der Waals surface area contributed by atoms with Gasteiger partial charge in [-0.2, -0.15) is 13.2 Å². The van der Waals surface area contributed by atoms with E-state index in [0.29, 0.717) is 39.0 Å². The zero-order valence-corrected chi connectivity index (χ0v) is 19.9. The van der Waals surface area contributed by atoms with E-state index in [1.54, 1.807) is 16.8 Å². The summed E-state index contributed by atoms with van der Waals surface area (Å²) in [4.78, 5) is 31.4. The second-order valence-electron chi connectivity index (χ2n) is 9.11. The number of hydrogen-bond acceptors (Lipinski definition) is 4. The van der Waals surface area contributed by atoms with Crippen LogP contribution in [-0.2, 0) is 11.0 Å². The number of rotatable bonds is 5. The van der Waals surface area contributed by atoms with E-state index >= 15 is 0 Å². The van der Waals surface area contributed by atoms with Crippen molar-refractivity contribution in [2.75, 3.05) is 44.7 Å². The van der Waals surface area contributed by atoms with Gasteiger partial charge in [-0.25, -0.2) is 0 Å². The molecule has 0 aliphatic carbocycles. The van der Waals surface area contributed by atoms with Crippen LogP contribution in [0.2, 0.25) is 0 Å². The summed E-state index contributed by atoms with van der Waals surface area (Å²) < 4.78 is 44.4. The topological polar surface area (TPSA) is 53.1 Å². The Bertz CT molecular complexity index is 1050. The highest BCUT2D eigenvalue weighted by atomic mass is 19.4. The van der Waals surface area contributed by atoms with Crippen molar-refractivity contribution in [2.45, 2.75) is 32.0 Å². The first-order valence-electron chi connectivity index (χ1n) is 11.9. The van der Waals surface area contributed by atoms with Gasteiger partial charge in [-0.15, -0.1) is 0 Å². The molecule has 0 unspecified atom stereocenters. The van der Waals surface area contributed by atoms with E-state index in [-0.39, 0.29) is 29.4 Å². The van der Waals surface area contributed by atoms with Gasteiger partial charge in [0.05, 0.1) is 24.3 Å². The molecule has 0 N–H and O–H groups in total. The highest BCUT2D eigenvalue weighted by molar-refractivity contribution is 5.94. The van der Waals surface area contributed by atoms with Gasteiger partial charge in [0, 0.05) is 38.2 Å². The lowest BCUT2D eigenvalue weighted by Crippen LogP contribution is -2.49. The first-order chi connectivity index (χ1) is 16.7. The monoisotopic (exact) mass is 489 g/mol. The fraction of sp³-hybridized carbons (Fsp3) is 0.462. The zero-order valence-electron chi connectivity index (χ0n) is 19.9. The van der Waals surface area contributed by atoms with E-state index < -0.39 is 11.7 Å². The van der Waals surface area contributed by atoms with Crippen LogP contribution < -0.4 is 9.64 Å². The first kappa shape index (κ1) is 24.9. The smallest absolute Gasteiger partial charge is 0.416 e. The third-order valence-electron chi connectivity index (χ3n) is 6.75. The molecule has 1 saturated heterocycles. The molecule has 2 amide bonds. The number of benzene rings is 2. The van der Waals surface area contributed by atoms with Crippen LogP contribution in [0, 0.1) is 5.92 Å². The number of halogens is 3. The number of alkyl halides is 3. The lowest BCUT2D eigenvalue weighted by Gasteiger charge is -2.38. The Morgan fingerprint density at radius 1 is 1.06 bits per heavy atom. The van der Waals surface area contributed by atoms with Crippen LogP contribution in [0.1, 0.15) is 35.7 Å². The Morgan fingerprint density at radius 3 is 2.34 bits per heavy atom. The number of fused-ring (bicyclic) bond motifs is 1. The number of piperidine rings is 1. The quantitative estimate of drug-likeness (QED) is 0.629. The molecule has 0 radical (unpaired) electrons. The SMILES string of the molecule is CCN1C[C@@H](CN(C)C(=O)C2CCN(C(=O)c3ccc(C(F)(F)F)cc3)CC2)Oc2ccccc21. The molecule has 2 aliphatic heterocycles. The Labute approximate surface area is 203 Å². The summed E-state index contributed by atoms with van der Waals surface area (Å²) in [5.74, 6) is 0.334. The van der Waals surface area contributed by atoms with Gasteiger partial charge in [0.25, 0.3) is 5.91 Å². The lowest BCUT2D eigenvalue weighted by atomic mass is 9.94. The van der Waals surface area contributed by atoms with Crippen molar-refractivity contribution in [1.29, 1.82) is 0 Å². The van der Waals surface area contributed by atoms with E-state index in [1.807, 2.05) is 24.3 Å². The van der Waals surface area contributed by atoms with Crippen molar-refractivity contribution in [1.82, 2.24) is 9.80 Å². The number of ether oxygens (including phenoxy) is 1. The molecular formula is C26H30F3N3O3. The van der Waals surface area contributed by atoms with E-state index in [9.17, 15) is 22.8 Å². The molecule has 4 rings (SSSR count). The van der Waals surface area contributed by atoms with Gasteiger partial charge < -0.3 is 19.4 Å². The van der Waals surface area contributed by atoms with Gasteiger partial charge in [-0.1, -0.05) is 12.1 Å². The zero-order chi connectivity index (χ0) is 25.2. The number of likely N-dealkylation sites (N-methyl/N-ethyl adjacent to an activating group) is 2. The highest BCUT2D eigenvalue weighted by Crippen LogP contribution is 2.33. The molecule has 188 valence electrons. The number of hydrogen-bond donors (Lipinski definition) is 0. The number of nitrogens with zero attached hydrogens (tertiary/aromatic N) is 3. The molecule has 6 nitrogen and oxygen atoms in total. The second-order valence-corrected chi connectivity index (χ2v) is 9.11. The summed E-state index contributed by atoms with van der Waals surface area (Å²) in [5.41, 5.74) is 0.495. The predicted octanol–water partition coefficient (Wildman–Crippen LogP) is 4.30. The van der Waals surface area contributed by atoms with Crippen molar-refractivity contribution < 1.29 is 27.5 Å². The molecular weight excluding hydrogens is 459 g/mol. The molecule has 2 aromatic carbocycles. The fourth-order valence-corrected chi connectivity index (χ4v) is 4.79. The maximum Gasteiger partial charge on any atom is 0.416 e. The normalized spacial score (nSPS) is 18.6. The van der Waals surface area contributed by atoms with Gasteiger partial charge in [0.1, 0.15) is 11.9 Å². The minimum absolute atomic E-state index is 0.0251. The third kappa shape index (κ3) is 5.55. The Kier molecular flexibility index (Phi) is 7.23. The molecule has 2 aliphatic rings. The Hall–Kier alpha value is -3.23. The van der Waals surface area contributed by atoms with E-state index in [0.717, 1.165) is 30.1 Å². The van der Waals surface area contributed by atoms with E-state index in [4.69, 9.17) is 4.74 Å². The molecule has 9 heteroatoms. The maximum atomic E-state index is 13.1. The minimum atomic E-state index is -4.44. The molecule has 1 fully saturated rings. The summed E-state index contributed by atoms with van der Waals surface area (Å²) in [7, 11) is 1.78. The van der Waals surface area contributed by atoms with Crippen LogP contribution in [0.3, 0.4) is 0 Å². The molecule has 35 heavy (non-hydrogen) atoms. The number of carbonyl (C=O) groups excluding carboxylic acids is 2. The van der Waals surface area contributed by atoms with Gasteiger partial charge in [-0.05, 0) is 56.2 Å². The summed E-state index contributed by atoms with van der Waals surface area (Å²) in [6, 6.07) is 12.1. The van der Waals surface area contributed by atoms with Crippen molar-refractivity contribution in [3.05, 3.63) is 59.7 Å².